The fourth-order valence-corrected chi connectivity index (χ4v) is 1.35. The van der Waals surface area contributed by atoms with E-state index in [0.29, 0.717) is 12.6 Å². The molecular formula is C11H14F2N2O3. The Morgan fingerprint density at radius 3 is 2.67 bits per heavy atom. The van der Waals surface area contributed by atoms with Crippen molar-refractivity contribution in [3.63, 3.8) is 0 Å². The molecule has 1 rings (SSSR count). The maximum Gasteiger partial charge on any atom is 0.305 e. The molecule has 7 heteroatoms. The Balaban J connectivity index is 2.76. The summed E-state index contributed by atoms with van der Waals surface area (Å²) < 4.78 is 31.4. The van der Waals surface area contributed by atoms with Crippen molar-refractivity contribution in [3.8, 4) is 0 Å². The molecule has 0 spiro atoms. The summed E-state index contributed by atoms with van der Waals surface area (Å²) in [6.07, 6.45) is -0.0662. The van der Waals surface area contributed by atoms with Crippen LogP contribution in [0.4, 0.5) is 14.5 Å². The number of halogens is 2. The van der Waals surface area contributed by atoms with Crippen molar-refractivity contribution in [1.82, 2.24) is 5.32 Å². The molecule has 0 fully saturated rings. The first kappa shape index (κ1) is 14.5. The van der Waals surface area contributed by atoms with Gasteiger partial charge in [0.2, 0.25) is 5.82 Å². The molecule has 18 heavy (non-hydrogen) atoms. The molecule has 0 amide bonds. The molecule has 0 aromatic heterocycles. The monoisotopic (exact) mass is 260 g/mol. The van der Waals surface area contributed by atoms with Gasteiger partial charge in [-0.2, -0.15) is 4.39 Å². The second kappa shape index (κ2) is 6.36. The third kappa shape index (κ3) is 3.71. The molecule has 0 bridgehead atoms. The van der Waals surface area contributed by atoms with Gasteiger partial charge in [-0.15, -0.1) is 0 Å². The number of methoxy groups -OCH3 is 1. The van der Waals surface area contributed by atoms with Crippen LogP contribution >= 0.6 is 0 Å². The summed E-state index contributed by atoms with van der Waals surface area (Å²) in [6, 6.07) is 1.42. The Bertz CT molecular complexity index is 441. The van der Waals surface area contributed by atoms with E-state index >= 15 is 0 Å². The highest BCUT2D eigenvalue weighted by Crippen LogP contribution is 2.21. The summed E-state index contributed by atoms with van der Waals surface area (Å²) in [7, 11) is 1.54. The Hall–Kier alpha value is -1.60. The van der Waals surface area contributed by atoms with Crippen LogP contribution in [0, 0.1) is 21.7 Å². The summed E-state index contributed by atoms with van der Waals surface area (Å²) in [6.45, 7) is 2.35. The molecule has 0 saturated carbocycles. The van der Waals surface area contributed by atoms with Gasteiger partial charge >= 0.3 is 5.69 Å². The van der Waals surface area contributed by atoms with E-state index in [9.17, 15) is 18.9 Å². The molecule has 0 heterocycles. The topological polar surface area (TPSA) is 64.4 Å². The normalized spacial score (nSPS) is 12.4. The van der Waals surface area contributed by atoms with E-state index in [0.717, 1.165) is 6.07 Å². The standard InChI is InChI=1S/C11H14F2N2O3/c1-7(18-2)5-14-6-8-3-11(15(16)17)10(13)4-9(8)12/h3-4,7,14H,5-6H2,1-2H3. The Morgan fingerprint density at radius 1 is 1.44 bits per heavy atom. The van der Waals surface area contributed by atoms with Crippen molar-refractivity contribution in [1.29, 1.82) is 0 Å². The molecule has 0 radical (unpaired) electrons. The second-order valence-corrected chi connectivity index (χ2v) is 3.83. The number of nitro benzene ring substituents is 1. The minimum absolute atomic E-state index is 0.0476. The molecule has 0 aliphatic rings. The van der Waals surface area contributed by atoms with Crippen LogP contribution in [0.15, 0.2) is 12.1 Å². The van der Waals surface area contributed by atoms with Crippen LogP contribution in [0.1, 0.15) is 12.5 Å². The fourth-order valence-electron chi connectivity index (χ4n) is 1.35. The lowest BCUT2D eigenvalue weighted by Crippen LogP contribution is -2.26. The molecule has 5 nitrogen and oxygen atoms in total. The summed E-state index contributed by atoms with van der Waals surface area (Å²) in [4.78, 5) is 9.64. The highest BCUT2D eigenvalue weighted by Gasteiger charge is 2.18. The first-order chi connectivity index (χ1) is 8.45. The lowest BCUT2D eigenvalue weighted by molar-refractivity contribution is -0.387. The van der Waals surface area contributed by atoms with E-state index in [1.165, 1.54) is 7.11 Å². The zero-order valence-electron chi connectivity index (χ0n) is 10.1. The SMILES string of the molecule is COC(C)CNCc1cc([N+](=O)[O-])c(F)cc1F. The van der Waals surface area contributed by atoms with E-state index in [1.54, 1.807) is 0 Å². The van der Waals surface area contributed by atoms with Gasteiger partial charge in [0, 0.05) is 37.9 Å². The van der Waals surface area contributed by atoms with Crippen molar-refractivity contribution in [2.24, 2.45) is 0 Å². The molecule has 0 aliphatic heterocycles. The van der Waals surface area contributed by atoms with Crippen LogP contribution < -0.4 is 5.32 Å². The van der Waals surface area contributed by atoms with Crippen molar-refractivity contribution >= 4 is 5.69 Å². The summed E-state index contributed by atoms with van der Waals surface area (Å²) >= 11 is 0. The van der Waals surface area contributed by atoms with Crippen LogP contribution in [-0.4, -0.2) is 24.7 Å². The summed E-state index contributed by atoms with van der Waals surface area (Å²) in [5.41, 5.74) is -0.681. The van der Waals surface area contributed by atoms with Gasteiger partial charge in [-0.25, -0.2) is 4.39 Å². The predicted octanol–water partition coefficient (Wildman–Crippen LogP) is 2.00. The minimum atomic E-state index is -1.17. The molecule has 1 N–H and O–H groups in total. The summed E-state index contributed by atoms with van der Waals surface area (Å²) in [5.74, 6) is -1.98. The van der Waals surface area contributed by atoms with E-state index in [4.69, 9.17) is 4.74 Å². The quantitative estimate of drug-likeness (QED) is 0.627. The molecule has 1 unspecified atom stereocenters. The Kier molecular flexibility index (Phi) is 5.11. The van der Waals surface area contributed by atoms with Crippen LogP contribution in [-0.2, 0) is 11.3 Å². The number of hydrogen-bond donors (Lipinski definition) is 1. The highest BCUT2D eigenvalue weighted by molar-refractivity contribution is 5.37. The van der Waals surface area contributed by atoms with Crippen molar-refractivity contribution in [2.45, 2.75) is 19.6 Å². The lowest BCUT2D eigenvalue weighted by Gasteiger charge is -2.11. The van der Waals surface area contributed by atoms with Gasteiger partial charge in [0.1, 0.15) is 5.82 Å². The summed E-state index contributed by atoms with van der Waals surface area (Å²) in [5, 5.41) is 13.4. The molecular weight excluding hydrogens is 246 g/mol. The Labute approximate surface area is 103 Å². The van der Waals surface area contributed by atoms with Crippen molar-refractivity contribution < 1.29 is 18.4 Å². The van der Waals surface area contributed by atoms with Crippen LogP contribution in [0.25, 0.3) is 0 Å². The molecule has 1 aromatic carbocycles. The molecule has 1 aromatic rings. The molecule has 0 saturated heterocycles. The van der Waals surface area contributed by atoms with E-state index < -0.39 is 22.2 Å². The van der Waals surface area contributed by atoms with E-state index in [-0.39, 0.29) is 18.2 Å². The van der Waals surface area contributed by atoms with Gasteiger partial charge in [-0.05, 0) is 6.92 Å². The third-order valence-corrected chi connectivity index (χ3v) is 2.46. The second-order valence-electron chi connectivity index (χ2n) is 3.83. The molecule has 100 valence electrons. The highest BCUT2D eigenvalue weighted by atomic mass is 19.1. The number of ether oxygens (including phenoxy) is 1. The Morgan fingerprint density at radius 2 is 2.11 bits per heavy atom. The van der Waals surface area contributed by atoms with Gasteiger partial charge in [0.25, 0.3) is 0 Å². The molecule has 0 aliphatic carbocycles. The number of nitrogens with zero attached hydrogens (tertiary/aromatic N) is 1. The van der Waals surface area contributed by atoms with Crippen LogP contribution in [0.5, 0.6) is 0 Å². The number of benzene rings is 1. The first-order valence-electron chi connectivity index (χ1n) is 5.31. The number of rotatable bonds is 6. The van der Waals surface area contributed by atoms with Crippen LogP contribution in [0.3, 0.4) is 0 Å². The third-order valence-electron chi connectivity index (χ3n) is 2.46. The van der Waals surface area contributed by atoms with Gasteiger partial charge in [0.15, 0.2) is 0 Å². The maximum absolute atomic E-state index is 13.4. The maximum atomic E-state index is 13.4. The van der Waals surface area contributed by atoms with E-state index in [2.05, 4.69) is 5.32 Å². The minimum Gasteiger partial charge on any atom is -0.380 e. The van der Waals surface area contributed by atoms with Crippen LogP contribution in [0.2, 0.25) is 0 Å². The largest absolute Gasteiger partial charge is 0.380 e. The van der Waals surface area contributed by atoms with Crippen molar-refractivity contribution in [3.05, 3.63) is 39.4 Å². The zero-order chi connectivity index (χ0) is 13.7. The zero-order valence-corrected chi connectivity index (χ0v) is 10.1. The fraction of sp³-hybridized carbons (Fsp3) is 0.455. The smallest absolute Gasteiger partial charge is 0.305 e. The predicted molar refractivity (Wildman–Crippen MR) is 61.2 cm³/mol. The number of hydrogen-bond acceptors (Lipinski definition) is 4. The number of nitrogens with one attached hydrogen (secondary N) is 1. The van der Waals surface area contributed by atoms with Gasteiger partial charge < -0.3 is 10.1 Å². The number of nitro groups is 1. The first-order valence-corrected chi connectivity index (χ1v) is 5.31. The van der Waals surface area contributed by atoms with Gasteiger partial charge in [0.05, 0.1) is 11.0 Å². The van der Waals surface area contributed by atoms with Gasteiger partial charge in [-0.1, -0.05) is 0 Å². The van der Waals surface area contributed by atoms with Gasteiger partial charge in [-0.3, -0.25) is 10.1 Å². The lowest BCUT2D eigenvalue weighted by atomic mass is 10.1. The average Bonchev–Trinajstić information content (AvgIpc) is 2.31. The average molecular weight is 260 g/mol. The van der Waals surface area contributed by atoms with Crippen molar-refractivity contribution in [2.75, 3.05) is 13.7 Å². The van der Waals surface area contributed by atoms with E-state index in [1.807, 2.05) is 6.92 Å². The molecule has 1 atom stereocenters.